The molecule has 0 radical (unpaired) electrons. The number of aryl methyl sites for hydroxylation is 1. The maximum atomic E-state index is 12.8. The summed E-state index contributed by atoms with van der Waals surface area (Å²) in [5, 5.41) is 10.6. The zero-order chi connectivity index (χ0) is 17.1. The summed E-state index contributed by atoms with van der Waals surface area (Å²) in [6.45, 7) is -0.380. The molecule has 1 aromatic carbocycles. The van der Waals surface area contributed by atoms with Crippen molar-refractivity contribution in [3.63, 3.8) is 0 Å². The Balaban J connectivity index is 1.74. The lowest BCUT2D eigenvalue weighted by Gasteiger charge is -2.19. The number of ether oxygens (including phenoxy) is 1. The predicted octanol–water partition coefficient (Wildman–Crippen LogP) is 3.37. The van der Waals surface area contributed by atoms with Gasteiger partial charge in [0.15, 0.2) is 6.61 Å². The van der Waals surface area contributed by atoms with Gasteiger partial charge in [-0.3, -0.25) is 4.79 Å². The van der Waals surface area contributed by atoms with Gasteiger partial charge in [-0.15, -0.1) is 11.3 Å². The summed E-state index contributed by atoms with van der Waals surface area (Å²) in [4.78, 5) is 26.3. The van der Waals surface area contributed by atoms with Gasteiger partial charge in [0.25, 0.3) is 5.91 Å². The lowest BCUT2D eigenvalue weighted by atomic mass is 9.95. The molecule has 126 valence electrons. The van der Waals surface area contributed by atoms with Crippen LogP contribution in [-0.2, 0) is 17.6 Å². The van der Waals surface area contributed by atoms with E-state index in [0.717, 1.165) is 30.5 Å². The Labute approximate surface area is 144 Å². The fourth-order valence-electron chi connectivity index (χ4n) is 2.88. The summed E-state index contributed by atoms with van der Waals surface area (Å²) in [6.07, 6.45) is 4.40. The van der Waals surface area contributed by atoms with Gasteiger partial charge in [0.05, 0.1) is 5.56 Å². The van der Waals surface area contributed by atoms with Crippen molar-refractivity contribution in [3.8, 4) is 5.75 Å². The third-order valence-corrected chi connectivity index (χ3v) is 5.27. The normalized spacial score (nSPS) is 13.2. The number of aliphatic carboxylic acids is 1. The van der Waals surface area contributed by atoms with E-state index < -0.39 is 5.97 Å². The second-order valence-electron chi connectivity index (χ2n) is 5.80. The molecule has 0 saturated carbocycles. The lowest BCUT2D eigenvalue weighted by molar-refractivity contribution is -0.139. The van der Waals surface area contributed by atoms with Crippen LogP contribution in [0.5, 0.6) is 5.75 Å². The number of amides is 1. The minimum atomic E-state index is -1.02. The van der Waals surface area contributed by atoms with Crippen molar-refractivity contribution in [1.29, 1.82) is 0 Å². The zero-order valence-electron chi connectivity index (χ0n) is 13.4. The third kappa shape index (κ3) is 3.43. The summed E-state index contributed by atoms with van der Waals surface area (Å²) in [5.74, 6) is -0.558. The highest BCUT2D eigenvalue weighted by molar-refractivity contribution is 7.10. The minimum absolute atomic E-state index is 0.00592. The number of rotatable bonds is 5. The number of benzene rings is 1. The van der Waals surface area contributed by atoms with Crippen molar-refractivity contribution < 1.29 is 19.4 Å². The molecule has 6 heteroatoms. The predicted molar refractivity (Wildman–Crippen MR) is 93.3 cm³/mol. The molecule has 1 N–H and O–H groups in total. The molecule has 0 spiro atoms. The molecule has 2 aromatic rings. The number of fused-ring (bicyclic) bond motifs is 1. The number of nitrogens with zero attached hydrogens (tertiary/aromatic N) is 1. The average molecular weight is 345 g/mol. The van der Waals surface area contributed by atoms with E-state index in [0.29, 0.717) is 5.75 Å². The Hall–Kier alpha value is -2.34. The van der Waals surface area contributed by atoms with Crippen LogP contribution in [0, 0.1) is 0 Å². The minimum Gasteiger partial charge on any atom is -0.482 e. The van der Waals surface area contributed by atoms with Crippen LogP contribution < -0.4 is 9.64 Å². The van der Waals surface area contributed by atoms with Gasteiger partial charge in [-0.1, -0.05) is 0 Å². The summed E-state index contributed by atoms with van der Waals surface area (Å²) < 4.78 is 5.11. The topological polar surface area (TPSA) is 66.8 Å². The second kappa shape index (κ2) is 7.05. The van der Waals surface area contributed by atoms with Gasteiger partial charge in [-0.25, -0.2) is 4.79 Å². The molecule has 3 rings (SSSR count). The van der Waals surface area contributed by atoms with Crippen LogP contribution in [-0.4, -0.2) is 30.6 Å². The zero-order valence-corrected chi connectivity index (χ0v) is 14.3. The Bertz CT molecular complexity index is 751. The highest BCUT2D eigenvalue weighted by Gasteiger charge is 2.23. The first-order valence-corrected chi connectivity index (χ1v) is 8.76. The van der Waals surface area contributed by atoms with Gasteiger partial charge in [0, 0.05) is 23.0 Å². The molecule has 0 atom stereocenters. The van der Waals surface area contributed by atoms with Crippen LogP contribution in [0.3, 0.4) is 0 Å². The summed E-state index contributed by atoms with van der Waals surface area (Å²) in [6, 6.07) is 6.86. The smallest absolute Gasteiger partial charge is 0.341 e. The molecule has 0 aliphatic heterocycles. The first-order chi connectivity index (χ1) is 11.6. The average Bonchev–Trinajstić information content (AvgIpc) is 3.03. The molecule has 1 heterocycles. The van der Waals surface area contributed by atoms with Crippen LogP contribution in [0.15, 0.2) is 29.6 Å². The summed E-state index contributed by atoms with van der Waals surface area (Å²) in [5.41, 5.74) is 2.77. The first kappa shape index (κ1) is 16.5. The van der Waals surface area contributed by atoms with Crippen molar-refractivity contribution in [2.75, 3.05) is 18.6 Å². The second-order valence-corrected chi connectivity index (χ2v) is 6.76. The fourth-order valence-corrected chi connectivity index (χ4v) is 4.00. The molecule has 5 nitrogen and oxygen atoms in total. The van der Waals surface area contributed by atoms with E-state index in [1.165, 1.54) is 16.9 Å². The Morgan fingerprint density at radius 1 is 1.21 bits per heavy atom. The maximum Gasteiger partial charge on any atom is 0.341 e. The van der Waals surface area contributed by atoms with E-state index in [1.54, 1.807) is 47.5 Å². The van der Waals surface area contributed by atoms with Crippen LogP contribution in [0.1, 0.15) is 33.6 Å². The number of hydrogen-bond donors (Lipinski definition) is 1. The van der Waals surface area contributed by atoms with Crippen molar-refractivity contribution in [1.82, 2.24) is 0 Å². The molecule has 24 heavy (non-hydrogen) atoms. The molecule has 1 amide bonds. The monoisotopic (exact) mass is 345 g/mol. The molecule has 0 fully saturated rings. The van der Waals surface area contributed by atoms with Crippen LogP contribution >= 0.6 is 11.3 Å². The van der Waals surface area contributed by atoms with Gasteiger partial charge >= 0.3 is 5.97 Å². The third-order valence-electron chi connectivity index (χ3n) is 4.18. The van der Waals surface area contributed by atoms with E-state index in [-0.39, 0.29) is 12.5 Å². The molecule has 0 saturated heterocycles. The van der Waals surface area contributed by atoms with Gasteiger partial charge in [-0.05, 0) is 55.5 Å². The van der Waals surface area contributed by atoms with Gasteiger partial charge in [0.1, 0.15) is 5.75 Å². The van der Waals surface area contributed by atoms with E-state index in [1.807, 2.05) is 5.38 Å². The van der Waals surface area contributed by atoms with E-state index >= 15 is 0 Å². The van der Waals surface area contributed by atoms with Crippen LogP contribution in [0.25, 0.3) is 0 Å². The summed E-state index contributed by atoms with van der Waals surface area (Å²) >= 11 is 1.68. The number of carbonyl (C=O) groups excluding carboxylic acids is 1. The first-order valence-electron chi connectivity index (χ1n) is 7.88. The largest absolute Gasteiger partial charge is 0.482 e. The summed E-state index contributed by atoms with van der Waals surface area (Å²) in [7, 11) is 1.75. The quantitative estimate of drug-likeness (QED) is 0.902. The number of anilines is 1. The molecular formula is C18H19NO4S. The Morgan fingerprint density at radius 3 is 2.62 bits per heavy atom. The standard InChI is InChI=1S/C18H19NO4S/c1-19(12-6-8-13(9-7-12)23-10-17(20)21)18(22)15-11-24-16-5-3-2-4-14(15)16/h6-9,11H,2-5,10H2,1H3,(H,20,21). The maximum absolute atomic E-state index is 12.8. The van der Waals surface area contributed by atoms with E-state index in [4.69, 9.17) is 9.84 Å². The van der Waals surface area contributed by atoms with E-state index in [2.05, 4.69) is 0 Å². The molecule has 0 bridgehead atoms. The van der Waals surface area contributed by atoms with Crippen molar-refractivity contribution in [3.05, 3.63) is 45.6 Å². The molecule has 0 unspecified atom stereocenters. The van der Waals surface area contributed by atoms with Crippen LogP contribution in [0.2, 0.25) is 0 Å². The van der Waals surface area contributed by atoms with Crippen LogP contribution in [0.4, 0.5) is 5.69 Å². The SMILES string of the molecule is CN(C(=O)c1csc2c1CCCC2)c1ccc(OCC(=O)O)cc1. The Kier molecular flexibility index (Phi) is 4.85. The van der Waals surface area contributed by atoms with Gasteiger partial charge in [0.2, 0.25) is 0 Å². The lowest BCUT2D eigenvalue weighted by Crippen LogP contribution is -2.27. The molecule has 1 aliphatic carbocycles. The fraction of sp³-hybridized carbons (Fsp3) is 0.333. The highest BCUT2D eigenvalue weighted by atomic mass is 32.1. The van der Waals surface area contributed by atoms with Crippen molar-refractivity contribution in [2.24, 2.45) is 0 Å². The molecule has 1 aliphatic rings. The highest BCUT2D eigenvalue weighted by Crippen LogP contribution is 2.31. The molecular weight excluding hydrogens is 326 g/mol. The Morgan fingerprint density at radius 2 is 1.92 bits per heavy atom. The van der Waals surface area contributed by atoms with Crippen molar-refractivity contribution in [2.45, 2.75) is 25.7 Å². The van der Waals surface area contributed by atoms with E-state index in [9.17, 15) is 9.59 Å². The number of carboxylic acids is 1. The van der Waals surface area contributed by atoms with Gasteiger partial charge < -0.3 is 14.7 Å². The molecule has 1 aromatic heterocycles. The number of carboxylic acid groups (broad SMARTS) is 1. The number of thiophene rings is 1. The van der Waals surface area contributed by atoms with Crippen molar-refractivity contribution >= 4 is 28.9 Å². The number of carbonyl (C=O) groups is 2. The number of hydrogen-bond acceptors (Lipinski definition) is 4. The van der Waals surface area contributed by atoms with Gasteiger partial charge in [-0.2, -0.15) is 0 Å².